The highest BCUT2D eigenvalue weighted by Gasteiger charge is 2.43. The maximum atomic E-state index is 12.7. The van der Waals surface area contributed by atoms with Crippen molar-refractivity contribution in [2.24, 2.45) is 5.92 Å². The molecule has 2 bridgehead atoms. The number of aromatic nitrogens is 1. The van der Waals surface area contributed by atoms with Crippen molar-refractivity contribution in [2.45, 2.75) is 12.5 Å². The van der Waals surface area contributed by atoms with Gasteiger partial charge in [-0.3, -0.25) is 4.79 Å². The molecule has 21 heavy (non-hydrogen) atoms. The van der Waals surface area contributed by atoms with E-state index in [-0.39, 0.29) is 11.9 Å². The number of nitriles is 1. The Hall–Kier alpha value is -2.32. The van der Waals surface area contributed by atoms with Gasteiger partial charge in [-0.2, -0.15) is 5.26 Å². The van der Waals surface area contributed by atoms with Gasteiger partial charge in [0.2, 0.25) is 0 Å². The minimum atomic E-state index is -0.188. The highest BCUT2D eigenvalue weighted by Crippen LogP contribution is 2.31. The molecular formula is C16H16N4O. The van der Waals surface area contributed by atoms with Gasteiger partial charge in [-0.1, -0.05) is 0 Å². The van der Waals surface area contributed by atoms with E-state index in [1.807, 2.05) is 28.8 Å². The Morgan fingerprint density at radius 3 is 2.95 bits per heavy atom. The first-order chi connectivity index (χ1) is 10.3. The summed E-state index contributed by atoms with van der Waals surface area (Å²) in [6, 6.07) is 7.67. The fourth-order valence-corrected chi connectivity index (χ4v) is 3.62. The second-order valence-corrected chi connectivity index (χ2v) is 5.91. The predicted molar refractivity (Wildman–Crippen MR) is 77.5 cm³/mol. The van der Waals surface area contributed by atoms with Crippen LogP contribution in [0.1, 0.15) is 16.8 Å². The summed E-state index contributed by atoms with van der Waals surface area (Å²) in [7, 11) is 0. The average Bonchev–Trinajstić information content (AvgIpc) is 3.23. The summed E-state index contributed by atoms with van der Waals surface area (Å²) in [5.41, 5.74) is 1.61. The van der Waals surface area contributed by atoms with Gasteiger partial charge in [0.25, 0.3) is 5.91 Å². The molecule has 5 heteroatoms. The minimum Gasteiger partial charge on any atom is -0.323 e. The molecule has 2 saturated heterocycles. The molecule has 5 nitrogen and oxygen atoms in total. The molecule has 4 rings (SSSR count). The summed E-state index contributed by atoms with van der Waals surface area (Å²) in [4.78, 5) is 16.4. The second-order valence-electron chi connectivity index (χ2n) is 5.91. The first-order valence-corrected chi connectivity index (χ1v) is 7.28. The van der Waals surface area contributed by atoms with Gasteiger partial charge in [-0.15, -0.1) is 0 Å². The van der Waals surface area contributed by atoms with Crippen molar-refractivity contribution in [1.82, 2.24) is 14.2 Å². The highest BCUT2D eigenvalue weighted by atomic mass is 16.2. The van der Waals surface area contributed by atoms with Crippen LogP contribution in [-0.4, -0.2) is 45.8 Å². The Morgan fingerprint density at radius 1 is 1.33 bits per heavy atom. The van der Waals surface area contributed by atoms with E-state index in [9.17, 15) is 10.1 Å². The van der Waals surface area contributed by atoms with Gasteiger partial charge in [0.1, 0.15) is 0 Å². The van der Waals surface area contributed by atoms with Crippen LogP contribution in [0.25, 0.3) is 5.52 Å². The molecule has 2 aliphatic rings. The van der Waals surface area contributed by atoms with Crippen molar-refractivity contribution < 1.29 is 4.79 Å². The Morgan fingerprint density at radius 2 is 2.24 bits per heavy atom. The maximum Gasteiger partial charge on any atom is 0.268 e. The molecule has 2 unspecified atom stereocenters. The van der Waals surface area contributed by atoms with Crippen LogP contribution in [0.2, 0.25) is 0 Å². The van der Waals surface area contributed by atoms with Crippen molar-refractivity contribution >= 4 is 11.4 Å². The Balaban J connectivity index is 1.64. The van der Waals surface area contributed by atoms with Crippen LogP contribution < -0.4 is 0 Å². The molecule has 2 fully saturated rings. The predicted octanol–water partition coefficient (Wildman–Crippen LogP) is 1.57. The second kappa shape index (κ2) is 4.61. The van der Waals surface area contributed by atoms with Crippen LogP contribution in [0.5, 0.6) is 0 Å². The molecule has 1 amide bonds. The standard InChI is InChI=1S/C16H16N4O/c17-11-20(15-10-18-7-5-12(15)8-18)16(21)13-3-4-14-2-1-6-19(14)9-13/h1-4,6,9,12,15H,5,7-8,10H2/t12-,15?/m0/s1. The molecule has 0 aromatic carbocycles. The van der Waals surface area contributed by atoms with Gasteiger partial charge in [-0.25, -0.2) is 4.90 Å². The van der Waals surface area contributed by atoms with Crippen LogP contribution in [0.4, 0.5) is 0 Å². The van der Waals surface area contributed by atoms with E-state index in [1.165, 1.54) is 4.90 Å². The van der Waals surface area contributed by atoms with Crippen LogP contribution in [-0.2, 0) is 0 Å². The quantitative estimate of drug-likeness (QED) is 0.620. The number of carbonyl (C=O) groups excluding carboxylic acids is 1. The van der Waals surface area contributed by atoms with Crippen LogP contribution in [0.15, 0.2) is 36.7 Å². The fraction of sp³-hybridized carbons (Fsp3) is 0.375. The van der Waals surface area contributed by atoms with Crippen LogP contribution in [0, 0.1) is 17.4 Å². The van der Waals surface area contributed by atoms with Crippen molar-refractivity contribution in [3.05, 3.63) is 42.2 Å². The summed E-state index contributed by atoms with van der Waals surface area (Å²) >= 11 is 0. The zero-order chi connectivity index (χ0) is 14.4. The van der Waals surface area contributed by atoms with Crippen molar-refractivity contribution in [1.29, 1.82) is 5.26 Å². The van der Waals surface area contributed by atoms with E-state index < -0.39 is 0 Å². The van der Waals surface area contributed by atoms with E-state index in [4.69, 9.17) is 0 Å². The van der Waals surface area contributed by atoms with Gasteiger partial charge in [0, 0.05) is 31.0 Å². The molecule has 0 aliphatic carbocycles. The number of fused-ring (bicyclic) bond motifs is 3. The lowest BCUT2D eigenvalue weighted by Gasteiger charge is -2.28. The summed E-state index contributed by atoms with van der Waals surface area (Å²) in [5, 5.41) is 9.45. The molecule has 0 saturated carbocycles. The molecule has 0 N–H and O–H groups in total. The molecule has 3 atom stereocenters. The Bertz CT molecular complexity index is 744. The van der Waals surface area contributed by atoms with Gasteiger partial charge >= 0.3 is 0 Å². The lowest BCUT2D eigenvalue weighted by molar-refractivity contribution is 0.0743. The number of hydrogen-bond donors (Lipinski definition) is 0. The number of rotatable bonds is 2. The summed E-state index contributed by atoms with van der Waals surface area (Å²) in [5.74, 6) is 0.260. The molecular weight excluding hydrogens is 264 g/mol. The molecule has 2 aliphatic heterocycles. The third kappa shape index (κ3) is 1.91. The summed E-state index contributed by atoms with van der Waals surface area (Å²) < 4.78 is 1.91. The number of carbonyl (C=O) groups is 1. The molecule has 2 aromatic heterocycles. The number of piperidine rings is 1. The normalized spacial score (nSPS) is 26.9. The first kappa shape index (κ1) is 12.4. The van der Waals surface area contributed by atoms with E-state index >= 15 is 0 Å². The zero-order valence-electron chi connectivity index (χ0n) is 11.6. The van der Waals surface area contributed by atoms with Crippen LogP contribution >= 0.6 is 0 Å². The monoisotopic (exact) mass is 280 g/mol. The van der Waals surface area contributed by atoms with E-state index in [2.05, 4.69) is 11.1 Å². The molecule has 0 radical (unpaired) electrons. The molecule has 0 spiro atoms. The van der Waals surface area contributed by atoms with Crippen molar-refractivity contribution in [3.63, 3.8) is 0 Å². The number of amides is 1. The molecule has 4 heterocycles. The van der Waals surface area contributed by atoms with Gasteiger partial charge in [-0.05, 0) is 43.1 Å². The third-order valence-electron chi connectivity index (χ3n) is 4.73. The van der Waals surface area contributed by atoms with Gasteiger partial charge in [0.05, 0.1) is 11.6 Å². The zero-order valence-corrected chi connectivity index (χ0v) is 11.6. The smallest absolute Gasteiger partial charge is 0.268 e. The summed E-state index contributed by atoms with van der Waals surface area (Å²) in [6.07, 6.45) is 6.92. The topological polar surface area (TPSA) is 51.8 Å². The Labute approximate surface area is 123 Å². The average molecular weight is 280 g/mol. The Kier molecular flexibility index (Phi) is 2.72. The maximum absolute atomic E-state index is 12.7. The first-order valence-electron chi connectivity index (χ1n) is 7.28. The van der Waals surface area contributed by atoms with Crippen molar-refractivity contribution in [2.75, 3.05) is 19.6 Å². The van der Waals surface area contributed by atoms with Crippen LogP contribution in [0.3, 0.4) is 0 Å². The van der Waals surface area contributed by atoms with Gasteiger partial charge in [0.15, 0.2) is 6.19 Å². The third-order valence-corrected chi connectivity index (χ3v) is 4.73. The van der Waals surface area contributed by atoms with Crippen molar-refractivity contribution in [3.8, 4) is 6.19 Å². The van der Waals surface area contributed by atoms with E-state index in [1.54, 1.807) is 12.3 Å². The number of hydrogen-bond acceptors (Lipinski definition) is 3. The molecule has 106 valence electrons. The molecule has 2 aromatic rings. The SMILES string of the molecule is N#CN(C(=O)c1ccc2cccn2c1)C1CN2CC[C@H]1C2. The fourth-order valence-electron chi connectivity index (χ4n) is 3.62. The largest absolute Gasteiger partial charge is 0.323 e. The lowest BCUT2D eigenvalue weighted by atomic mass is 9.98. The minimum absolute atomic E-state index is 0.0385. The van der Waals surface area contributed by atoms with E-state index in [0.29, 0.717) is 11.5 Å². The highest BCUT2D eigenvalue weighted by molar-refractivity contribution is 5.95. The summed E-state index contributed by atoms with van der Waals surface area (Å²) in [6.45, 7) is 2.95. The number of nitrogens with zero attached hydrogens (tertiary/aromatic N) is 4. The van der Waals surface area contributed by atoms with Gasteiger partial charge < -0.3 is 9.30 Å². The van der Waals surface area contributed by atoms with E-state index in [0.717, 1.165) is 31.6 Å². The lowest BCUT2D eigenvalue weighted by Crippen LogP contribution is -2.44. The number of pyridine rings is 1.